The minimum absolute atomic E-state index is 0.0433. The van der Waals surface area contributed by atoms with Crippen molar-refractivity contribution in [2.24, 2.45) is 0 Å². The SMILES string of the molecule is Cc1ccc(NC(=O)Nc2ccc(Oc3cc(NC4CCCCC4)ncn3)cc2)cc1C(F)(F)F. The van der Waals surface area contributed by atoms with Crippen LogP contribution in [-0.2, 0) is 6.18 Å². The molecule has 1 aromatic heterocycles. The smallest absolute Gasteiger partial charge is 0.416 e. The van der Waals surface area contributed by atoms with Gasteiger partial charge in [-0.2, -0.15) is 13.2 Å². The monoisotopic (exact) mass is 485 g/mol. The molecule has 35 heavy (non-hydrogen) atoms. The molecule has 2 aromatic carbocycles. The molecule has 1 aliphatic carbocycles. The number of aromatic nitrogens is 2. The van der Waals surface area contributed by atoms with Crippen LogP contribution in [0.15, 0.2) is 54.9 Å². The lowest BCUT2D eigenvalue weighted by molar-refractivity contribution is -0.138. The average Bonchev–Trinajstić information content (AvgIpc) is 2.82. The molecule has 7 nitrogen and oxygen atoms in total. The third kappa shape index (κ3) is 6.84. The highest BCUT2D eigenvalue weighted by Crippen LogP contribution is 2.33. The van der Waals surface area contributed by atoms with Gasteiger partial charge in [0.15, 0.2) is 0 Å². The van der Waals surface area contributed by atoms with E-state index in [2.05, 4.69) is 25.9 Å². The number of amides is 2. The van der Waals surface area contributed by atoms with Gasteiger partial charge >= 0.3 is 12.2 Å². The number of carbonyl (C=O) groups is 1. The average molecular weight is 486 g/mol. The van der Waals surface area contributed by atoms with Gasteiger partial charge in [0.25, 0.3) is 0 Å². The fraction of sp³-hybridized carbons (Fsp3) is 0.320. The molecule has 0 radical (unpaired) electrons. The van der Waals surface area contributed by atoms with Crippen LogP contribution in [0.2, 0.25) is 0 Å². The maximum absolute atomic E-state index is 13.1. The number of aryl methyl sites for hydroxylation is 1. The van der Waals surface area contributed by atoms with E-state index in [0.29, 0.717) is 29.2 Å². The lowest BCUT2D eigenvalue weighted by atomic mass is 9.95. The van der Waals surface area contributed by atoms with Gasteiger partial charge in [-0.25, -0.2) is 14.8 Å². The maximum atomic E-state index is 13.1. The number of hydrogen-bond donors (Lipinski definition) is 3. The lowest BCUT2D eigenvalue weighted by Crippen LogP contribution is -2.22. The van der Waals surface area contributed by atoms with Gasteiger partial charge < -0.3 is 20.7 Å². The first kappa shape index (κ1) is 24.3. The molecule has 3 aromatic rings. The number of benzene rings is 2. The third-order valence-corrected chi connectivity index (χ3v) is 5.73. The Hall–Kier alpha value is -3.82. The summed E-state index contributed by atoms with van der Waals surface area (Å²) in [4.78, 5) is 20.6. The van der Waals surface area contributed by atoms with Crippen molar-refractivity contribution >= 4 is 23.2 Å². The van der Waals surface area contributed by atoms with E-state index in [9.17, 15) is 18.0 Å². The fourth-order valence-corrected chi connectivity index (χ4v) is 3.96. The molecule has 3 N–H and O–H groups in total. The highest BCUT2D eigenvalue weighted by molar-refractivity contribution is 5.99. The zero-order valence-electron chi connectivity index (χ0n) is 19.2. The van der Waals surface area contributed by atoms with Crippen molar-refractivity contribution in [3.63, 3.8) is 0 Å². The molecular formula is C25H26F3N5O2. The van der Waals surface area contributed by atoms with Crippen molar-refractivity contribution in [3.05, 3.63) is 66.0 Å². The number of rotatable bonds is 6. The largest absolute Gasteiger partial charge is 0.439 e. The first-order valence-corrected chi connectivity index (χ1v) is 11.4. The van der Waals surface area contributed by atoms with Gasteiger partial charge in [-0.15, -0.1) is 0 Å². The molecule has 10 heteroatoms. The van der Waals surface area contributed by atoms with Crippen LogP contribution in [0.5, 0.6) is 11.6 Å². The van der Waals surface area contributed by atoms with Crippen LogP contribution in [0, 0.1) is 6.92 Å². The molecule has 0 atom stereocenters. The van der Waals surface area contributed by atoms with Gasteiger partial charge in [0.05, 0.1) is 5.56 Å². The highest BCUT2D eigenvalue weighted by Gasteiger charge is 2.32. The molecule has 0 saturated heterocycles. The topological polar surface area (TPSA) is 88.2 Å². The molecule has 1 aliphatic rings. The van der Waals surface area contributed by atoms with E-state index in [1.165, 1.54) is 44.6 Å². The maximum Gasteiger partial charge on any atom is 0.416 e. The van der Waals surface area contributed by atoms with E-state index in [4.69, 9.17) is 4.74 Å². The Kier molecular flexibility index (Phi) is 7.38. The molecule has 4 rings (SSSR count). The Balaban J connectivity index is 1.33. The zero-order chi connectivity index (χ0) is 24.8. The number of anilines is 3. The van der Waals surface area contributed by atoms with Crippen LogP contribution in [0.25, 0.3) is 0 Å². The van der Waals surface area contributed by atoms with Gasteiger partial charge in [0.1, 0.15) is 17.9 Å². The van der Waals surface area contributed by atoms with Gasteiger partial charge in [-0.3, -0.25) is 0 Å². The Bertz CT molecular complexity index is 1160. The molecular weight excluding hydrogens is 459 g/mol. The minimum Gasteiger partial charge on any atom is -0.439 e. The Morgan fingerprint density at radius 2 is 1.63 bits per heavy atom. The second-order valence-electron chi connectivity index (χ2n) is 8.45. The van der Waals surface area contributed by atoms with Crippen molar-refractivity contribution in [3.8, 4) is 11.6 Å². The molecule has 1 fully saturated rings. The number of nitrogens with one attached hydrogen (secondary N) is 3. The van der Waals surface area contributed by atoms with Crippen molar-refractivity contribution in [1.29, 1.82) is 0 Å². The van der Waals surface area contributed by atoms with E-state index in [0.717, 1.165) is 18.9 Å². The van der Waals surface area contributed by atoms with Gasteiger partial charge in [-0.05, 0) is 61.7 Å². The summed E-state index contributed by atoms with van der Waals surface area (Å²) in [5.41, 5.74) is -0.222. The standard InChI is InChI=1S/C25H26F3N5O2/c1-16-7-8-19(13-21(16)25(26,27)28)33-24(34)32-18-9-11-20(12-10-18)35-23-14-22(29-15-30-23)31-17-5-3-2-4-6-17/h7-15,17H,2-6H2,1H3,(H,29,30,31)(H2,32,33,34). The minimum atomic E-state index is -4.50. The van der Waals surface area contributed by atoms with E-state index < -0.39 is 17.8 Å². The summed E-state index contributed by atoms with van der Waals surface area (Å²) in [6, 6.07) is 11.7. The van der Waals surface area contributed by atoms with Crippen molar-refractivity contribution in [1.82, 2.24) is 9.97 Å². The van der Waals surface area contributed by atoms with E-state index in [1.54, 1.807) is 30.3 Å². The summed E-state index contributed by atoms with van der Waals surface area (Å²) < 4.78 is 45.0. The van der Waals surface area contributed by atoms with Gasteiger partial charge in [0, 0.05) is 23.5 Å². The molecule has 0 bridgehead atoms. The molecule has 1 saturated carbocycles. The van der Waals surface area contributed by atoms with Crippen LogP contribution >= 0.6 is 0 Å². The van der Waals surface area contributed by atoms with E-state index in [-0.39, 0.29) is 11.3 Å². The number of nitrogens with zero attached hydrogens (tertiary/aromatic N) is 2. The summed E-state index contributed by atoms with van der Waals surface area (Å²) in [6.07, 6.45) is 2.88. The Morgan fingerprint density at radius 3 is 2.34 bits per heavy atom. The van der Waals surface area contributed by atoms with E-state index >= 15 is 0 Å². The first-order chi connectivity index (χ1) is 16.8. The van der Waals surface area contributed by atoms with Crippen LogP contribution in [-0.4, -0.2) is 22.0 Å². The number of carbonyl (C=O) groups excluding carboxylic acids is 1. The Morgan fingerprint density at radius 1 is 0.943 bits per heavy atom. The van der Waals surface area contributed by atoms with Crippen LogP contribution in [0.4, 0.5) is 35.2 Å². The summed E-state index contributed by atoms with van der Waals surface area (Å²) >= 11 is 0. The number of halogens is 3. The van der Waals surface area contributed by atoms with E-state index in [1.807, 2.05) is 0 Å². The fourth-order valence-electron chi connectivity index (χ4n) is 3.96. The number of hydrogen-bond acceptors (Lipinski definition) is 5. The van der Waals surface area contributed by atoms with Crippen LogP contribution < -0.4 is 20.7 Å². The summed E-state index contributed by atoms with van der Waals surface area (Å²) in [7, 11) is 0. The van der Waals surface area contributed by atoms with Crippen molar-refractivity contribution in [2.45, 2.75) is 51.2 Å². The lowest BCUT2D eigenvalue weighted by Gasteiger charge is -2.23. The summed E-state index contributed by atoms with van der Waals surface area (Å²) in [6.45, 7) is 1.37. The van der Waals surface area contributed by atoms with Gasteiger partial charge in [0.2, 0.25) is 5.88 Å². The quantitative estimate of drug-likeness (QED) is 0.350. The molecule has 1 heterocycles. The highest BCUT2D eigenvalue weighted by atomic mass is 19.4. The van der Waals surface area contributed by atoms with Crippen LogP contribution in [0.3, 0.4) is 0 Å². The number of ether oxygens (including phenoxy) is 1. The normalized spacial score (nSPS) is 14.3. The van der Waals surface area contributed by atoms with Crippen LogP contribution in [0.1, 0.15) is 43.2 Å². The van der Waals surface area contributed by atoms with Crippen molar-refractivity contribution < 1.29 is 22.7 Å². The van der Waals surface area contributed by atoms with Crippen molar-refractivity contribution in [2.75, 3.05) is 16.0 Å². The first-order valence-electron chi connectivity index (χ1n) is 11.4. The zero-order valence-corrected chi connectivity index (χ0v) is 19.2. The molecule has 0 aliphatic heterocycles. The Labute approximate surface area is 201 Å². The third-order valence-electron chi connectivity index (χ3n) is 5.73. The summed E-state index contributed by atoms with van der Waals surface area (Å²) in [5.74, 6) is 1.60. The number of urea groups is 1. The predicted octanol–water partition coefficient (Wildman–Crippen LogP) is 6.98. The number of alkyl halides is 3. The molecule has 0 unspecified atom stereocenters. The molecule has 0 spiro atoms. The van der Waals surface area contributed by atoms with Gasteiger partial charge in [-0.1, -0.05) is 25.3 Å². The summed E-state index contributed by atoms with van der Waals surface area (Å²) in [5, 5.41) is 8.43. The second kappa shape index (κ2) is 10.6. The molecule has 2 amide bonds. The molecule has 184 valence electrons. The second-order valence-corrected chi connectivity index (χ2v) is 8.45. The predicted molar refractivity (Wildman–Crippen MR) is 128 cm³/mol.